The maximum Gasteiger partial charge on any atom is 0.262 e. The summed E-state index contributed by atoms with van der Waals surface area (Å²) in [4.78, 5) is 36.1. The molecule has 1 amide bonds. The van der Waals surface area contributed by atoms with Crippen molar-refractivity contribution in [2.45, 2.75) is 25.2 Å². The van der Waals surface area contributed by atoms with Crippen molar-refractivity contribution < 1.29 is 14.3 Å². The van der Waals surface area contributed by atoms with Gasteiger partial charge < -0.3 is 19.3 Å². The Morgan fingerprint density at radius 2 is 1.77 bits per heavy atom. The number of thioether (sulfide) groups is 1. The zero-order valence-electron chi connectivity index (χ0n) is 22.9. The molecule has 4 aromatic rings. The lowest BCUT2D eigenvalue weighted by Crippen LogP contribution is -2.36. The Balaban J connectivity index is 1.45. The third kappa shape index (κ3) is 6.48. The summed E-state index contributed by atoms with van der Waals surface area (Å²) >= 11 is 1.31. The fraction of sp³-hybridized carbons (Fsp3) is 0.323. The number of benzene rings is 3. The van der Waals surface area contributed by atoms with Crippen LogP contribution in [0.3, 0.4) is 0 Å². The van der Waals surface area contributed by atoms with E-state index >= 15 is 0 Å². The van der Waals surface area contributed by atoms with Crippen LogP contribution < -0.4 is 15.2 Å². The van der Waals surface area contributed by atoms with E-state index in [2.05, 4.69) is 4.90 Å². The zero-order valence-corrected chi connectivity index (χ0v) is 23.7. The highest BCUT2D eigenvalue weighted by molar-refractivity contribution is 7.99. The van der Waals surface area contributed by atoms with E-state index in [-0.39, 0.29) is 17.2 Å². The van der Waals surface area contributed by atoms with E-state index in [9.17, 15) is 9.59 Å². The molecule has 8 nitrogen and oxygen atoms in total. The van der Waals surface area contributed by atoms with Gasteiger partial charge >= 0.3 is 0 Å². The predicted molar refractivity (Wildman–Crippen MR) is 159 cm³/mol. The van der Waals surface area contributed by atoms with Gasteiger partial charge in [-0.2, -0.15) is 0 Å². The summed E-state index contributed by atoms with van der Waals surface area (Å²) in [6, 6.07) is 23.4. The molecule has 3 aromatic carbocycles. The van der Waals surface area contributed by atoms with Crippen molar-refractivity contribution >= 4 is 34.3 Å². The van der Waals surface area contributed by atoms with Crippen LogP contribution in [-0.4, -0.2) is 66.1 Å². The lowest BCUT2D eigenvalue weighted by atomic mass is 10.2. The van der Waals surface area contributed by atoms with Crippen LogP contribution in [0.25, 0.3) is 10.9 Å². The van der Waals surface area contributed by atoms with E-state index < -0.39 is 0 Å². The second kappa shape index (κ2) is 13.0. The largest absolute Gasteiger partial charge is 0.497 e. The molecule has 0 atom stereocenters. The number of aromatic nitrogens is 2. The van der Waals surface area contributed by atoms with Crippen LogP contribution in [0, 0.1) is 0 Å². The third-order valence-electron chi connectivity index (χ3n) is 7.05. The fourth-order valence-corrected chi connectivity index (χ4v) is 5.67. The number of ether oxygens (including phenoxy) is 2. The summed E-state index contributed by atoms with van der Waals surface area (Å²) < 4.78 is 12.5. The van der Waals surface area contributed by atoms with Crippen LogP contribution in [0.2, 0.25) is 0 Å². The van der Waals surface area contributed by atoms with E-state index in [1.807, 2.05) is 84.6 Å². The molecule has 1 fully saturated rings. The topological polar surface area (TPSA) is 76.9 Å². The number of hydrogen-bond donors (Lipinski definition) is 0. The van der Waals surface area contributed by atoms with Gasteiger partial charge in [-0.3, -0.25) is 14.2 Å². The van der Waals surface area contributed by atoms with Crippen LogP contribution >= 0.6 is 11.8 Å². The molecule has 5 rings (SSSR count). The summed E-state index contributed by atoms with van der Waals surface area (Å²) in [6.07, 6.45) is 0. The standard InChI is InChI=1S/C31H34N4O4S/c1-3-33(20-23-7-5-4-6-8-23)29(36)22-40-31-32-28-14-11-25(34-15-17-39-18-16-34)19-27(28)30(37)35(31)21-24-9-12-26(38-2)13-10-24/h4-14,19H,3,15-18,20-22H2,1-2H3. The van der Waals surface area contributed by atoms with Gasteiger partial charge in [0.15, 0.2) is 5.16 Å². The molecular weight excluding hydrogens is 524 g/mol. The molecule has 1 aliphatic heterocycles. The lowest BCUT2D eigenvalue weighted by molar-refractivity contribution is -0.128. The van der Waals surface area contributed by atoms with Crippen molar-refractivity contribution in [3.63, 3.8) is 0 Å². The van der Waals surface area contributed by atoms with Crippen LogP contribution in [-0.2, 0) is 22.6 Å². The number of morpholine rings is 1. The van der Waals surface area contributed by atoms with E-state index in [0.717, 1.165) is 35.7 Å². The number of anilines is 1. The first-order chi connectivity index (χ1) is 19.6. The zero-order chi connectivity index (χ0) is 27.9. The van der Waals surface area contributed by atoms with Gasteiger partial charge in [-0.25, -0.2) is 4.98 Å². The first kappa shape index (κ1) is 27.7. The monoisotopic (exact) mass is 558 g/mol. The molecule has 1 aliphatic rings. The summed E-state index contributed by atoms with van der Waals surface area (Å²) in [5.74, 6) is 0.943. The molecule has 208 valence electrons. The summed E-state index contributed by atoms with van der Waals surface area (Å²) in [6.45, 7) is 6.36. The van der Waals surface area contributed by atoms with E-state index in [1.54, 1.807) is 11.7 Å². The van der Waals surface area contributed by atoms with Gasteiger partial charge in [-0.05, 0) is 48.4 Å². The number of amides is 1. The maximum absolute atomic E-state index is 13.9. The van der Waals surface area contributed by atoms with Crippen molar-refractivity contribution in [2.24, 2.45) is 0 Å². The Kier molecular flexibility index (Phi) is 9.03. The average Bonchev–Trinajstić information content (AvgIpc) is 3.01. The van der Waals surface area contributed by atoms with Crippen LogP contribution in [0.1, 0.15) is 18.1 Å². The van der Waals surface area contributed by atoms with Crippen LogP contribution in [0.5, 0.6) is 5.75 Å². The number of hydrogen-bond acceptors (Lipinski definition) is 7. The quantitative estimate of drug-likeness (QED) is 0.211. The van der Waals surface area contributed by atoms with Crippen molar-refractivity contribution in [1.29, 1.82) is 0 Å². The molecule has 0 radical (unpaired) electrons. The van der Waals surface area contributed by atoms with Gasteiger partial charge in [0.05, 0.1) is 43.5 Å². The van der Waals surface area contributed by atoms with Crippen molar-refractivity contribution in [3.05, 3.63) is 94.3 Å². The van der Waals surface area contributed by atoms with Gasteiger partial charge in [0, 0.05) is 31.9 Å². The molecular formula is C31H34N4O4S. The molecule has 1 aromatic heterocycles. The molecule has 0 spiro atoms. The Morgan fingerprint density at radius 1 is 1.02 bits per heavy atom. The molecule has 2 heterocycles. The lowest BCUT2D eigenvalue weighted by Gasteiger charge is -2.29. The smallest absolute Gasteiger partial charge is 0.262 e. The molecule has 0 aliphatic carbocycles. The molecule has 0 bridgehead atoms. The highest BCUT2D eigenvalue weighted by Gasteiger charge is 2.19. The number of carbonyl (C=O) groups excluding carboxylic acids is 1. The van der Waals surface area contributed by atoms with Gasteiger partial charge in [-0.15, -0.1) is 0 Å². The fourth-order valence-electron chi connectivity index (χ4n) is 4.77. The number of fused-ring (bicyclic) bond motifs is 1. The molecule has 0 N–H and O–H groups in total. The molecule has 40 heavy (non-hydrogen) atoms. The van der Waals surface area contributed by atoms with Crippen molar-refractivity contribution in [2.75, 3.05) is 50.6 Å². The predicted octanol–water partition coefficient (Wildman–Crippen LogP) is 4.43. The average molecular weight is 559 g/mol. The highest BCUT2D eigenvalue weighted by atomic mass is 32.2. The molecule has 1 saturated heterocycles. The Labute approximate surface area is 238 Å². The van der Waals surface area contributed by atoms with E-state index in [0.29, 0.717) is 48.9 Å². The van der Waals surface area contributed by atoms with Gasteiger partial charge in [0.25, 0.3) is 5.56 Å². The molecule has 0 saturated carbocycles. The van der Waals surface area contributed by atoms with Crippen molar-refractivity contribution in [3.8, 4) is 5.75 Å². The SMILES string of the molecule is CCN(Cc1ccccc1)C(=O)CSc1nc2ccc(N3CCOCC3)cc2c(=O)n1Cc1ccc(OC)cc1. The van der Waals surface area contributed by atoms with Gasteiger partial charge in [-0.1, -0.05) is 54.2 Å². The Morgan fingerprint density at radius 3 is 2.48 bits per heavy atom. The minimum Gasteiger partial charge on any atom is -0.497 e. The second-order valence-electron chi connectivity index (χ2n) is 9.62. The maximum atomic E-state index is 13.9. The first-order valence-electron chi connectivity index (χ1n) is 13.5. The minimum atomic E-state index is -0.123. The number of nitrogens with zero attached hydrogens (tertiary/aromatic N) is 4. The van der Waals surface area contributed by atoms with E-state index in [1.165, 1.54) is 11.8 Å². The molecule has 9 heteroatoms. The number of carbonyl (C=O) groups is 1. The highest BCUT2D eigenvalue weighted by Crippen LogP contribution is 2.24. The van der Waals surface area contributed by atoms with Crippen LogP contribution in [0.15, 0.2) is 82.7 Å². The van der Waals surface area contributed by atoms with Crippen LogP contribution in [0.4, 0.5) is 5.69 Å². The van der Waals surface area contributed by atoms with Gasteiger partial charge in [0.1, 0.15) is 5.75 Å². The first-order valence-corrected chi connectivity index (χ1v) is 14.5. The van der Waals surface area contributed by atoms with Gasteiger partial charge in [0.2, 0.25) is 5.91 Å². The Bertz CT molecular complexity index is 1500. The summed E-state index contributed by atoms with van der Waals surface area (Å²) in [5.41, 5.74) is 3.52. The second-order valence-corrected chi connectivity index (χ2v) is 10.6. The summed E-state index contributed by atoms with van der Waals surface area (Å²) in [7, 11) is 1.63. The van der Waals surface area contributed by atoms with E-state index in [4.69, 9.17) is 14.5 Å². The normalized spacial score (nSPS) is 13.4. The number of rotatable bonds is 10. The third-order valence-corrected chi connectivity index (χ3v) is 8.02. The number of methoxy groups -OCH3 is 1. The van der Waals surface area contributed by atoms with Crippen molar-refractivity contribution in [1.82, 2.24) is 14.5 Å². The Hall–Kier alpha value is -3.82. The minimum absolute atomic E-state index is 0.00404. The summed E-state index contributed by atoms with van der Waals surface area (Å²) in [5, 5.41) is 1.09. The molecule has 0 unspecified atom stereocenters.